The maximum Gasteiger partial charge on any atom is 0.0822 e. The van der Waals surface area contributed by atoms with Gasteiger partial charge in [0, 0.05) is 0 Å². The predicted octanol–water partition coefficient (Wildman–Crippen LogP) is 2.45. The van der Waals surface area contributed by atoms with Crippen molar-refractivity contribution in [2.75, 3.05) is 6.61 Å². The van der Waals surface area contributed by atoms with E-state index in [1.54, 1.807) is 0 Å². The van der Waals surface area contributed by atoms with Gasteiger partial charge in [-0.05, 0) is 6.42 Å². The van der Waals surface area contributed by atoms with E-state index in [4.69, 9.17) is 0 Å². The summed E-state index contributed by atoms with van der Waals surface area (Å²) in [6.45, 7) is 2.25. The van der Waals surface area contributed by atoms with E-state index in [2.05, 4.69) is 6.92 Å². The molecule has 0 heterocycles. The van der Waals surface area contributed by atoms with Crippen molar-refractivity contribution in [3.63, 3.8) is 0 Å². The van der Waals surface area contributed by atoms with Crippen LogP contribution in [0.25, 0.3) is 0 Å². The molecule has 0 aliphatic rings. The second-order valence-electron chi connectivity index (χ2n) is 1.76. The van der Waals surface area contributed by atoms with Crippen molar-refractivity contribution in [3.8, 4) is 0 Å². The van der Waals surface area contributed by atoms with Gasteiger partial charge in [0.15, 0.2) is 0 Å². The normalized spacial score (nSPS) is 8.25. The van der Waals surface area contributed by atoms with Crippen molar-refractivity contribution in [1.82, 2.24) is 0 Å². The third-order valence-electron chi connectivity index (χ3n) is 0.998. The second-order valence-corrected chi connectivity index (χ2v) is 1.76. The highest BCUT2D eigenvalue weighted by molar-refractivity contribution is 4.35. The molecule has 0 aliphatic carbocycles. The number of hydrogen-bond acceptors (Lipinski definition) is 0. The van der Waals surface area contributed by atoms with Gasteiger partial charge in [-0.1, -0.05) is 33.6 Å². The molecule has 0 amide bonds. The summed E-state index contributed by atoms with van der Waals surface area (Å²) in [7, 11) is 0. The maximum atomic E-state index is 9.80. The summed E-state index contributed by atoms with van der Waals surface area (Å²) in [5, 5.41) is 9.80. The molecule has 0 unspecified atom stereocenters. The molecule has 0 aromatic carbocycles. The van der Waals surface area contributed by atoms with E-state index in [9.17, 15) is 5.11 Å². The van der Waals surface area contributed by atoms with Crippen molar-refractivity contribution in [2.45, 2.75) is 32.6 Å². The molecule has 2 radical (unpaired) electrons. The van der Waals surface area contributed by atoms with Gasteiger partial charge in [-0.25, -0.2) is 5.11 Å². The van der Waals surface area contributed by atoms with E-state index in [0.29, 0.717) is 0 Å². The fourth-order valence-corrected chi connectivity index (χ4v) is 0.529. The van der Waals surface area contributed by atoms with Crippen LogP contribution in [0.4, 0.5) is 0 Å². The van der Waals surface area contributed by atoms with E-state index in [-0.39, 0.29) is 14.0 Å². The Kier molecular flexibility index (Phi) is 13.6. The molecule has 1 heteroatoms. The van der Waals surface area contributed by atoms with Crippen molar-refractivity contribution in [3.05, 3.63) is 7.43 Å². The topological polar surface area (TPSA) is 19.9 Å². The highest BCUT2D eigenvalue weighted by atomic mass is 16.2. The van der Waals surface area contributed by atoms with Crippen molar-refractivity contribution >= 4 is 0 Å². The summed E-state index contributed by atoms with van der Waals surface area (Å²) in [5.41, 5.74) is 0. The molecular formula is C7H16O. The number of unbranched alkanes of at least 4 members (excludes halogenated alkanes) is 3. The Hall–Kier alpha value is -0.0400. The zero-order chi connectivity index (χ0) is 5.54. The summed E-state index contributed by atoms with van der Waals surface area (Å²) in [6, 6.07) is 0. The zero-order valence-corrected chi connectivity index (χ0v) is 5.94. The first kappa shape index (κ1) is 10.9. The average molecular weight is 116 g/mol. The first-order chi connectivity index (χ1) is 3.41. The van der Waals surface area contributed by atoms with Gasteiger partial charge >= 0.3 is 0 Å². The molecular weight excluding hydrogens is 100 g/mol. The van der Waals surface area contributed by atoms with Gasteiger partial charge in [0.2, 0.25) is 0 Å². The predicted molar refractivity (Wildman–Crippen MR) is 36.1 cm³/mol. The lowest BCUT2D eigenvalue weighted by molar-refractivity contribution is 0.186. The summed E-state index contributed by atoms with van der Waals surface area (Å²) in [6.07, 6.45) is 4.44. The van der Waals surface area contributed by atoms with Crippen LogP contribution in [0, 0.1) is 7.43 Å². The first-order valence-electron chi connectivity index (χ1n) is 3.00. The Balaban J connectivity index is 0. The standard InChI is InChI=1S/C6H13O.CH3/c1-2-3-4-5-6-7;/h2-6H2,1H3;1H3. The molecule has 0 fully saturated rings. The minimum Gasteiger partial charge on any atom is -0.237 e. The Morgan fingerprint density at radius 1 is 1.12 bits per heavy atom. The molecule has 0 rings (SSSR count). The van der Waals surface area contributed by atoms with Crippen molar-refractivity contribution in [1.29, 1.82) is 0 Å². The van der Waals surface area contributed by atoms with Crippen LogP contribution in [0.5, 0.6) is 0 Å². The smallest absolute Gasteiger partial charge is 0.0822 e. The Morgan fingerprint density at radius 2 is 1.75 bits per heavy atom. The first-order valence-corrected chi connectivity index (χ1v) is 3.00. The molecule has 0 bridgehead atoms. The van der Waals surface area contributed by atoms with Crippen LogP contribution in [0.3, 0.4) is 0 Å². The molecule has 8 heavy (non-hydrogen) atoms. The summed E-state index contributed by atoms with van der Waals surface area (Å²) < 4.78 is 0. The van der Waals surface area contributed by atoms with Gasteiger partial charge in [-0.2, -0.15) is 0 Å². The van der Waals surface area contributed by atoms with E-state index in [0.717, 1.165) is 12.8 Å². The Bertz CT molecular complexity index is 23.6. The van der Waals surface area contributed by atoms with E-state index in [1.807, 2.05) is 0 Å². The molecule has 0 saturated carbocycles. The lowest BCUT2D eigenvalue weighted by Crippen LogP contribution is -1.78. The Morgan fingerprint density at radius 3 is 2.12 bits per heavy atom. The van der Waals surface area contributed by atoms with Crippen LogP contribution in [0.15, 0.2) is 0 Å². The van der Waals surface area contributed by atoms with Crippen molar-refractivity contribution < 1.29 is 5.11 Å². The van der Waals surface area contributed by atoms with Crippen molar-refractivity contribution in [2.24, 2.45) is 0 Å². The SMILES string of the molecule is CCCCCC[O].[CH3]. The van der Waals surface area contributed by atoms with Crippen LogP contribution in [-0.2, 0) is 5.11 Å². The minimum absolute atomic E-state index is 0. The van der Waals surface area contributed by atoms with E-state index in [1.165, 1.54) is 12.8 Å². The quantitative estimate of drug-likeness (QED) is 0.503. The highest BCUT2D eigenvalue weighted by Gasteiger charge is 1.82. The van der Waals surface area contributed by atoms with Gasteiger partial charge in [0.25, 0.3) is 0 Å². The lowest BCUT2D eigenvalue weighted by Gasteiger charge is -1.89. The largest absolute Gasteiger partial charge is 0.237 e. The zero-order valence-electron chi connectivity index (χ0n) is 5.94. The van der Waals surface area contributed by atoms with Crippen LogP contribution in [0.1, 0.15) is 32.6 Å². The van der Waals surface area contributed by atoms with Gasteiger partial charge in [0.05, 0.1) is 6.61 Å². The Labute approximate surface area is 52.7 Å². The fraction of sp³-hybridized carbons (Fsp3) is 0.857. The monoisotopic (exact) mass is 116 g/mol. The summed E-state index contributed by atoms with van der Waals surface area (Å²) in [4.78, 5) is 0. The number of hydrogen-bond donors (Lipinski definition) is 0. The fourth-order valence-electron chi connectivity index (χ4n) is 0.529. The molecule has 0 atom stereocenters. The van der Waals surface area contributed by atoms with Gasteiger partial charge in [0.1, 0.15) is 0 Å². The molecule has 0 saturated heterocycles. The molecule has 50 valence electrons. The van der Waals surface area contributed by atoms with E-state index >= 15 is 0 Å². The van der Waals surface area contributed by atoms with Gasteiger partial charge < -0.3 is 0 Å². The molecule has 1 nitrogen and oxygen atoms in total. The van der Waals surface area contributed by atoms with Crippen LogP contribution < -0.4 is 0 Å². The van der Waals surface area contributed by atoms with E-state index < -0.39 is 0 Å². The third-order valence-corrected chi connectivity index (χ3v) is 0.998. The molecule has 0 spiro atoms. The highest BCUT2D eigenvalue weighted by Crippen LogP contribution is 1.96. The maximum absolute atomic E-state index is 9.80. The van der Waals surface area contributed by atoms with Gasteiger partial charge in [-0.15, -0.1) is 0 Å². The van der Waals surface area contributed by atoms with Crippen LogP contribution in [-0.4, -0.2) is 6.61 Å². The number of rotatable bonds is 4. The summed E-state index contributed by atoms with van der Waals surface area (Å²) >= 11 is 0. The molecule has 0 N–H and O–H groups in total. The molecule has 0 aromatic rings. The minimum atomic E-state index is 0. The van der Waals surface area contributed by atoms with Gasteiger partial charge in [-0.3, -0.25) is 0 Å². The third kappa shape index (κ3) is 9.35. The average Bonchev–Trinajstić information content (AvgIpc) is 1.69. The van der Waals surface area contributed by atoms with Crippen LogP contribution in [0.2, 0.25) is 0 Å². The lowest BCUT2D eigenvalue weighted by atomic mass is 10.2. The second kappa shape index (κ2) is 10.0. The van der Waals surface area contributed by atoms with Crippen LogP contribution >= 0.6 is 0 Å². The molecule has 0 aliphatic heterocycles. The molecule has 0 aromatic heterocycles. The summed E-state index contributed by atoms with van der Waals surface area (Å²) in [5.74, 6) is 0.